The largest absolute Gasteiger partial charge is 0.484 e. The molecule has 1 amide bonds. The number of ether oxygens (including phenoxy) is 1. The highest BCUT2D eigenvalue weighted by atomic mass is 16.5. The van der Waals surface area contributed by atoms with Gasteiger partial charge in [-0.25, -0.2) is 0 Å². The van der Waals surface area contributed by atoms with Gasteiger partial charge < -0.3 is 9.64 Å². The van der Waals surface area contributed by atoms with Gasteiger partial charge in [-0.2, -0.15) is 0 Å². The molecule has 4 nitrogen and oxygen atoms in total. The van der Waals surface area contributed by atoms with Crippen molar-refractivity contribution in [2.75, 3.05) is 6.61 Å². The van der Waals surface area contributed by atoms with E-state index in [0.29, 0.717) is 17.7 Å². The standard InChI is InChI=1S/C18H25NO3/c1-4-17(20)15-8-10-16(11-9-15)22-12-18(21)19-13(2)6-5-7-14(19)3/h8-11,13-14H,4-7,12H2,1-3H3. The summed E-state index contributed by atoms with van der Waals surface area (Å²) in [6.45, 7) is 6.08. The molecule has 0 spiro atoms. The highest BCUT2D eigenvalue weighted by molar-refractivity contribution is 5.95. The van der Waals surface area contributed by atoms with E-state index in [1.54, 1.807) is 24.3 Å². The van der Waals surface area contributed by atoms with Gasteiger partial charge in [-0.05, 0) is 57.4 Å². The number of hydrogen-bond donors (Lipinski definition) is 0. The van der Waals surface area contributed by atoms with Crippen molar-refractivity contribution in [3.63, 3.8) is 0 Å². The first kappa shape index (κ1) is 16.5. The van der Waals surface area contributed by atoms with Crippen LogP contribution in [-0.2, 0) is 4.79 Å². The summed E-state index contributed by atoms with van der Waals surface area (Å²) in [5, 5.41) is 0. The molecule has 0 aliphatic carbocycles. The van der Waals surface area contributed by atoms with Crippen molar-refractivity contribution >= 4 is 11.7 Å². The van der Waals surface area contributed by atoms with Gasteiger partial charge in [0.25, 0.3) is 5.91 Å². The lowest BCUT2D eigenvalue weighted by molar-refractivity contribution is -0.139. The third-order valence-electron chi connectivity index (χ3n) is 4.34. The third-order valence-corrected chi connectivity index (χ3v) is 4.34. The topological polar surface area (TPSA) is 46.6 Å². The van der Waals surface area contributed by atoms with Crippen LogP contribution in [0.5, 0.6) is 5.75 Å². The van der Waals surface area contributed by atoms with Gasteiger partial charge in [0.05, 0.1) is 0 Å². The van der Waals surface area contributed by atoms with Gasteiger partial charge >= 0.3 is 0 Å². The fraction of sp³-hybridized carbons (Fsp3) is 0.556. The van der Waals surface area contributed by atoms with Crippen LogP contribution in [0.1, 0.15) is 56.8 Å². The molecule has 0 radical (unpaired) electrons. The number of nitrogens with zero attached hydrogens (tertiary/aromatic N) is 1. The lowest BCUT2D eigenvalue weighted by Crippen LogP contribution is -2.49. The quantitative estimate of drug-likeness (QED) is 0.783. The third kappa shape index (κ3) is 3.87. The predicted octanol–water partition coefficient (Wildman–Crippen LogP) is 3.45. The van der Waals surface area contributed by atoms with Crippen LogP contribution in [-0.4, -0.2) is 35.3 Å². The van der Waals surface area contributed by atoms with E-state index in [1.807, 2.05) is 11.8 Å². The summed E-state index contributed by atoms with van der Waals surface area (Å²) >= 11 is 0. The molecule has 1 heterocycles. The monoisotopic (exact) mass is 303 g/mol. The van der Waals surface area contributed by atoms with Crippen LogP contribution in [0, 0.1) is 0 Å². The van der Waals surface area contributed by atoms with Gasteiger partial charge in [0.15, 0.2) is 12.4 Å². The van der Waals surface area contributed by atoms with Crippen molar-refractivity contribution in [2.45, 2.75) is 58.5 Å². The Morgan fingerprint density at radius 1 is 1.14 bits per heavy atom. The zero-order valence-corrected chi connectivity index (χ0v) is 13.7. The van der Waals surface area contributed by atoms with Crippen LogP contribution < -0.4 is 4.74 Å². The van der Waals surface area contributed by atoms with E-state index >= 15 is 0 Å². The summed E-state index contributed by atoms with van der Waals surface area (Å²) in [5.74, 6) is 0.769. The highest BCUT2D eigenvalue weighted by Gasteiger charge is 2.28. The molecular formula is C18H25NO3. The second kappa shape index (κ2) is 7.43. The van der Waals surface area contributed by atoms with E-state index in [1.165, 1.54) is 6.42 Å². The number of carbonyl (C=O) groups excluding carboxylic acids is 2. The molecule has 1 fully saturated rings. The summed E-state index contributed by atoms with van der Waals surface area (Å²) in [6.07, 6.45) is 3.79. The average Bonchev–Trinajstić information content (AvgIpc) is 2.52. The van der Waals surface area contributed by atoms with Gasteiger partial charge in [-0.15, -0.1) is 0 Å². The van der Waals surface area contributed by atoms with Crippen molar-refractivity contribution in [3.8, 4) is 5.75 Å². The van der Waals surface area contributed by atoms with Crippen LogP contribution >= 0.6 is 0 Å². The van der Waals surface area contributed by atoms with Gasteiger partial charge in [-0.3, -0.25) is 9.59 Å². The summed E-state index contributed by atoms with van der Waals surface area (Å²) < 4.78 is 5.58. The molecule has 0 bridgehead atoms. The van der Waals surface area contributed by atoms with E-state index in [-0.39, 0.29) is 30.4 Å². The number of piperidine rings is 1. The smallest absolute Gasteiger partial charge is 0.260 e. The second-order valence-corrected chi connectivity index (χ2v) is 6.02. The van der Waals surface area contributed by atoms with E-state index in [4.69, 9.17) is 4.74 Å². The minimum Gasteiger partial charge on any atom is -0.484 e. The normalized spacial score (nSPS) is 21.5. The molecule has 1 aliphatic heterocycles. The predicted molar refractivity (Wildman–Crippen MR) is 86.2 cm³/mol. The van der Waals surface area contributed by atoms with Crippen molar-refractivity contribution in [1.82, 2.24) is 4.90 Å². The molecule has 2 rings (SSSR count). The maximum absolute atomic E-state index is 12.4. The van der Waals surface area contributed by atoms with Gasteiger partial charge in [-0.1, -0.05) is 6.92 Å². The lowest BCUT2D eigenvalue weighted by Gasteiger charge is -2.38. The molecule has 22 heavy (non-hydrogen) atoms. The first-order valence-corrected chi connectivity index (χ1v) is 8.10. The minimum absolute atomic E-state index is 0.0356. The molecule has 4 heteroatoms. The maximum Gasteiger partial charge on any atom is 0.260 e. The zero-order valence-electron chi connectivity index (χ0n) is 13.7. The summed E-state index contributed by atoms with van der Waals surface area (Å²) in [7, 11) is 0. The van der Waals surface area contributed by atoms with Gasteiger partial charge in [0, 0.05) is 24.1 Å². The number of Topliss-reactive ketones (excluding diaryl/α,β-unsaturated/α-hetero) is 1. The number of amides is 1. The molecule has 2 unspecified atom stereocenters. The Balaban J connectivity index is 1.92. The first-order valence-electron chi connectivity index (χ1n) is 8.10. The summed E-state index contributed by atoms with van der Waals surface area (Å²) in [4.78, 5) is 25.9. The van der Waals surface area contributed by atoms with Crippen LogP contribution in [0.2, 0.25) is 0 Å². The van der Waals surface area contributed by atoms with Gasteiger partial charge in [0.1, 0.15) is 5.75 Å². The Labute approximate surface area is 132 Å². The molecule has 0 aromatic heterocycles. The fourth-order valence-electron chi connectivity index (χ4n) is 3.07. The Kier molecular flexibility index (Phi) is 5.58. The number of ketones is 1. The van der Waals surface area contributed by atoms with Crippen LogP contribution in [0.4, 0.5) is 0 Å². The Morgan fingerprint density at radius 3 is 2.27 bits per heavy atom. The van der Waals surface area contributed by atoms with E-state index in [9.17, 15) is 9.59 Å². The molecule has 1 aromatic carbocycles. The number of carbonyl (C=O) groups is 2. The van der Waals surface area contributed by atoms with Crippen molar-refractivity contribution in [1.29, 1.82) is 0 Å². The Hall–Kier alpha value is -1.84. The highest BCUT2D eigenvalue weighted by Crippen LogP contribution is 2.23. The van der Waals surface area contributed by atoms with E-state index in [2.05, 4.69) is 13.8 Å². The Morgan fingerprint density at radius 2 is 1.73 bits per heavy atom. The molecule has 0 N–H and O–H groups in total. The molecule has 120 valence electrons. The molecule has 2 atom stereocenters. The van der Waals surface area contributed by atoms with Crippen LogP contribution in [0.15, 0.2) is 24.3 Å². The molecule has 1 aromatic rings. The first-order chi connectivity index (χ1) is 10.5. The average molecular weight is 303 g/mol. The molecular weight excluding hydrogens is 278 g/mol. The molecule has 0 saturated carbocycles. The van der Waals surface area contributed by atoms with Gasteiger partial charge in [0.2, 0.25) is 0 Å². The second-order valence-electron chi connectivity index (χ2n) is 6.02. The maximum atomic E-state index is 12.4. The number of hydrogen-bond acceptors (Lipinski definition) is 3. The summed E-state index contributed by atoms with van der Waals surface area (Å²) in [6, 6.07) is 7.56. The van der Waals surface area contributed by atoms with E-state index < -0.39 is 0 Å². The summed E-state index contributed by atoms with van der Waals surface area (Å²) in [5.41, 5.74) is 0.680. The number of likely N-dealkylation sites (tertiary alicyclic amines) is 1. The van der Waals surface area contributed by atoms with Crippen LogP contribution in [0.3, 0.4) is 0 Å². The fourth-order valence-corrected chi connectivity index (χ4v) is 3.07. The van der Waals surface area contributed by atoms with Crippen molar-refractivity contribution < 1.29 is 14.3 Å². The Bertz CT molecular complexity index is 514. The molecule has 1 aliphatic rings. The number of benzene rings is 1. The number of rotatable bonds is 5. The SMILES string of the molecule is CCC(=O)c1ccc(OCC(=O)N2C(C)CCCC2C)cc1. The zero-order chi connectivity index (χ0) is 16.1. The van der Waals surface area contributed by atoms with E-state index in [0.717, 1.165) is 12.8 Å². The van der Waals surface area contributed by atoms with Crippen LogP contribution in [0.25, 0.3) is 0 Å². The molecule has 1 saturated heterocycles. The van der Waals surface area contributed by atoms with Crippen molar-refractivity contribution in [3.05, 3.63) is 29.8 Å². The van der Waals surface area contributed by atoms with Crippen molar-refractivity contribution in [2.24, 2.45) is 0 Å². The minimum atomic E-state index is 0.0356. The lowest BCUT2D eigenvalue weighted by atomic mass is 9.97.